The summed E-state index contributed by atoms with van der Waals surface area (Å²) < 4.78 is 0. The van der Waals surface area contributed by atoms with Gasteiger partial charge >= 0.3 is 0 Å². The van der Waals surface area contributed by atoms with E-state index >= 15 is 0 Å². The smallest absolute Gasteiger partial charge is 0.226 e. The Hall–Kier alpha value is -1.69. The van der Waals surface area contributed by atoms with Crippen LogP contribution in [0.2, 0.25) is 0 Å². The van der Waals surface area contributed by atoms with E-state index in [9.17, 15) is 0 Å². The van der Waals surface area contributed by atoms with E-state index < -0.39 is 0 Å². The largest absolute Gasteiger partial charge is 0.382 e. The number of nitrogens with two attached hydrogens (primary N) is 1. The van der Waals surface area contributed by atoms with Crippen LogP contribution in [-0.4, -0.2) is 54.4 Å². The monoisotopic (exact) mass is 264 g/mol. The quantitative estimate of drug-likeness (QED) is 0.563. The van der Waals surface area contributed by atoms with E-state index in [1.54, 1.807) is 6.07 Å². The highest BCUT2D eigenvalue weighted by Crippen LogP contribution is 2.10. The van der Waals surface area contributed by atoms with Crippen LogP contribution in [0.1, 0.15) is 24.7 Å². The van der Waals surface area contributed by atoms with Gasteiger partial charge in [0.25, 0.3) is 0 Å². The number of nitrogen functional groups attached to an aromatic ring is 1. The van der Waals surface area contributed by atoms with Crippen molar-refractivity contribution >= 4 is 11.8 Å². The molecule has 0 radical (unpaired) electrons. The summed E-state index contributed by atoms with van der Waals surface area (Å²) in [4.78, 5) is 13.1. The zero-order valence-electron chi connectivity index (χ0n) is 12.3. The second-order valence-corrected chi connectivity index (χ2v) is 4.90. The van der Waals surface area contributed by atoms with E-state index in [2.05, 4.69) is 26.7 Å². The van der Waals surface area contributed by atoms with Gasteiger partial charge in [-0.25, -0.2) is 9.97 Å². The fourth-order valence-corrected chi connectivity index (χ4v) is 1.73. The van der Waals surface area contributed by atoms with Crippen molar-refractivity contribution in [2.45, 2.75) is 20.3 Å². The van der Waals surface area contributed by atoms with Crippen LogP contribution in [0.3, 0.4) is 0 Å². The van der Waals surface area contributed by atoms with Crippen molar-refractivity contribution in [3.63, 3.8) is 0 Å². The van der Waals surface area contributed by atoms with Gasteiger partial charge in [0.05, 0.1) is 0 Å². The highest BCUT2D eigenvalue weighted by atomic mass is 15.3. The van der Waals surface area contributed by atoms with Crippen molar-refractivity contribution in [1.82, 2.24) is 14.9 Å². The predicted molar refractivity (Wildman–Crippen MR) is 78.8 cm³/mol. The number of amidine groups is 1. The lowest BCUT2D eigenvalue weighted by Crippen LogP contribution is -2.34. The molecule has 0 aliphatic carbocycles. The molecule has 0 atom stereocenters. The minimum absolute atomic E-state index is 0.0178. The molecule has 0 spiro atoms. The van der Waals surface area contributed by atoms with E-state index in [0.29, 0.717) is 11.6 Å². The Labute approximate surface area is 115 Å². The number of hydrogen-bond donors (Lipinski definition) is 2. The van der Waals surface area contributed by atoms with Crippen LogP contribution in [0.25, 0.3) is 0 Å². The molecule has 1 aromatic rings. The van der Waals surface area contributed by atoms with E-state index in [1.165, 1.54) is 0 Å². The number of nitrogens with one attached hydrogen (secondary N) is 1. The Kier molecular flexibility index (Phi) is 5.69. The van der Waals surface area contributed by atoms with Crippen molar-refractivity contribution in [3.05, 3.63) is 17.5 Å². The maximum absolute atomic E-state index is 7.50. The number of aryl methyl sites for hydroxylation is 1. The van der Waals surface area contributed by atoms with E-state index in [1.807, 2.05) is 21.0 Å². The summed E-state index contributed by atoms with van der Waals surface area (Å²) in [6.45, 7) is 6.72. The Bertz CT molecular complexity index is 429. The molecule has 0 aromatic carbocycles. The van der Waals surface area contributed by atoms with Gasteiger partial charge in [0.2, 0.25) is 5.95 Å². The number of aromatic nitrogens is 2. The number of rotatable bonds is 7. The maximum Gasteiger partial charge on any atom is 0.226 e. The molecule has 0 fully saturated rings. The molecule has 1 rings (SSSR count). The summed E-state index contributed by atoms with van der Waals surface area (Å²) in [6, 6.07) is 1.74. The Balaban J connectivity index is 2.97. The SMILES string of the molecule is CCCN(CCN(C)C)c1nc(C)cc(C(=N)N)n1. The van der Waals surface area contributed by atoms with Crippen molar-refractivity contribution in [2.24, 2.45) is 5.73 Å². The third-order valence-corrected chi connectivity index (χ3v) is 2.71. The van der Waals surface area contributed by atoms with Crippen LogP contribution in [0.15, 0.2) is 6.07 Å². The van der Waals surface area contributed by atoms with Crippen molar-refractivity contribution in [1.29, 1.82) is 5.41 Å². The van der Waals surface area contributed by atoms with Crippen LogP contribution in [0.5, 0.6) is 0 Å². The summed E-state index contributed by atoms with van der Waals surface area (Å²) in [5.74, 6) is 0.643. The van der Waals surface area contributed by atoms with Crippen LogP contribution in [-0.2, 0) is 0 Å². The van der Waals surface area contributed by atoms with E-state index in [0.717, 1.165) is 31.7 Å². The first-order valence-electron chi connectivity index (χ1n) is 6.53. The molecular weight excluding hydrogens is 240 g/mol. The zero-order chi connectivity index (χ0) is 14.4. The van der Waals surface area contributed by atoms with Gasteiger partial charge < -0.3 is 15.5 Å². The molecule has 0 saturated heterocycles. The number of hydrogen-bond acceptors (Lipinski definition) is 5. The number of nitrogens with zero attached hydrogens (tertiary/aromatic N) is 4. The van der Waals surface area contributed by atoms with Gasteiger partial charge in [0.1, 0.15) is 11.5 Å². The number of likely N-dealkylation sites (N-methyl/N-ethyl adjacent to an activating group) is 1. The average Bonchev–Trinajstić information content (AvgIpc) is 2.33. The first-order chi connectivity index (χ1) is 8.93. The number of anilines is 1. The Morgan fingerprint density at radius 2 is 1.95 bits per heavy atom. The first-order valence-corrected chi connectivity index (χ1v) is 6.53. The summed E-state index contributed by atoms with van der Waals surface area (Å²) in [5, 5.41) is 7.50. The topological polar surface area (TPSA) is 82.1 Å². The summed E-state index contributed by atoms with van der Waals surface area (Å²) in [5.41, 5.74) is 6.84. The van der Waals surface area contributed by atoms with Gasteiger partial charge in [-0.1, -0.05) is 6.92 Å². The predicted octanol–water partition coefficient (Wildman–Crippen LogP) is 0.847. The molecule has 6 heteroatoms. The van der Waals surface area contributed by atoms with Crippen molar-refractivity contribution in [3.8, 4) is 0 Å². The molecule has 0 unspecified atom stereocenters. The van der Waals surface area contributed by atoms with E-state index in [4.69, 9.17) is 11.1 Å². The highest BCUT2D eigenvalue weighted by molar-refractivity contribution is 5.93. The van der Waals surface area contributed by atoms with Crippen LogP contribution in [0, 0.1) is 12.3 Å². The van der Waals surface area contributed by atoms with E-state index in [-0.39, 0.29) is 5.84 Å². The molecule has 1 aromatic heterocycles. The molecule has 1 heterocycles. The lowest BCUT2D eigenvalue weighted by atomic mass is 10.3. The first kappa shape index (κ1) is 15.4. The molecule has 0 amide bonds. The third kappa shape index (κ3) is 4.82. The van der Waals surface area contributed by atoms with Gasteiger partial charge in [0.15, 0.2) is 0 Å². The van der Waals surface area contributed by atoms with Gasteiger partial charge in [-0.2, -0.15) is 0 Å². The van der Waals surface area contributed by atoms with Gasteiger partial charge in [0, 0.05) is 25.3 Å². The summed E-state index contributed by atoms with van der Waals surface area (Å²) in [7, 11) is 4.09. The lowest BCUT2D eigenvalue weighted by Gasteiger charge is -2.24. The highest BCUT2D eigenvalue weighted by Gasteiger charge is 2.12. The minimum Gasteiger partial charge on any atom is -0.382 e. The average molecular weight is 264 g/mol. The van der Waals surface area contributed by atoms with Gasteiger partial charge in [-0.3, -0.25) is 5.41 Å². The zero-order valence-corrected chi connectivity index (χ0v) is 12.3. The molecule has 3 N–H and O–H groups in total. The molecule has 6 nitrogen and oxygen atoms in total. The molecule has 0 aliphatic heterocycles. The second-order valence-electron chi connectivity index (χ2n) is 4.90. The Morgan fingerprint density at radius 1 is 1.26 bits per heavy atom. The Morgan fingerprint density at radius 3 is 2.47 bits per heavy atom. The fraction of sp³-hybridized carbons (Fsp3) is 0.615. The fourth-order valence-electron chi connectivity index (χ4n) is 1.73. The minimum atomic E-state index is -0.0178. The molecule has 0 saturated carbocycles. The molecule has 0 aliphatic rings. The van der Waals surface area contributed by atoms with Crippen molar-refractivity contribution in [2.75, 3.05) is 38.6 Å². The molecule has 0 bridgehead atoms. The third-order valence-electron chi connectivity index (χ3n) is 2.71. The van der Waals surface area contributed by atoms with Crippen LogP contribution < -0.4 is 10.6 Å². The van der Waals surface area contributed by atoms with Crippen LogP contribution >= 0.6 is 0 Å². The van der Waals surface area contributed by atoms with Gasteiger partial charge in [-0.05, 0) is 33.5 Å². The van der Waals surface area contributed by atoms with Crippen LogP contribution in [0.4, 0.5) is 5.95 Å². The normalized spacial score (nSPS) is 10.8. The summed E-state index contributed by atoms with van der Waals surface area (Å²) in [6.07, 6.45) is 1.03. The molecule has 19 heavy (non-hydrogen) atoms. The van der Waals surface area contributed by atoms with Crippen molar-refractivity contribution < 1.29 is 0 Å². The lowest BCUT2D eigenvalue weighted by molar-refractivity contribution is 0.411. The summed E-state index contributed by atoms with van der Waals surface area (Å²) >= 11 is 0. The standard InChI is InChI=1S/C13H24N6/c1-5-6-19(8-7-18(3)4)13-16-10(2)9-11(17-13)12(14)15/h9H,5-8H2,1-4H3,(H3,14,15). The molecular formula is C13H24N6. The molecule has 106 valence electrons. The second kappa shape index (κ2) is 7.04. The maximum atomic E-state index is 7.50. The van der Waals surface area contributed by atoms with Gasteiger partial charge in [-0.15, -0.1) is 0 Å².